The summed E-state index contributed by atoms with van der Waals surface area (Å²) in [6.07, 6.45) is 1.84. The van der Waals surface area contributed by atoms with Gasteiger partial charge in [-0.2, -0.15) is 5.10 Å². The minimum absolute atomic E-state index is 1.10. The summed E-state index contributed by atoms with van der Waals surface area (Å²) in [6.45, 7) is 0. The van der Waals surface area contributed by atoms with E-state index in [-0.39, 0.29) is 0 Å². The van der Waals surface area contributed by atoms with Crippen molar-refractivity contribution in [2.45, 2.75) is 0 Å². The first kappa shape index (κ1) is 8.00. The number of rotatable bonds is 0. The molecule has 0 radical (unpaired) electrons. The largest absolute Gasteiger partial charge is 0.277 e. The smallest absolute Gasteiger partial charge is 0.0729 e. The van der Waals surface area contributed by atoms with Gasteiger partial charge in [-0.05, 0) is 11.5 Å². The van der Waals surface area contributed by atoms with Crippen molar-refractivity contribution in [1.29, 1.82) is 0 Å². The van der Waals surface area contributed by atoms with Gasteiger partial charge in [0.15, 0.2) is 0 Å². The van der Waals surface area contributed by atoms with Gasteiger partial charge in [-0.1, -0.05) is 40.2 Å². The van der Waals surface area contributed by atoms with Crippen LogP contribution < -0.4 is 0 Å². The number of fused-ring (bicyclic) bond motifs is 3. The van der Waals surface area contributed by atoms with E-state index in [1.807, 2.05) is 18.3 Å². The number of aromatic amines is 1. The van der Waals surface area contributed by atoms with Gasteiger partial charge in [0, 0.05) is 15.2 Å². The van der Waals surface area contributed by atoms with Crippen LogP contribution in [0.4, 0.5) is 0 Å². The van der Waals surface area contributed by atoms with Crippen LogP contribution in [0.15, 0.2) is 41.0 Å². The minimum Gasteiger partial charge on any atom is -0.277 e. The molecule has 0 saturated carbocycles. The first-order chi connectivity index (χ1) is 6.86. The molecule has 3 aromatic rings. The van der Waals surface area contributed by atoms with Gasteiger partial charge in [-0.3, -0.25) is 5.10 Å². The van der Waals surface area contributed by atoms with Crippen LogP contribution in [0.1, 0.15) is 0 Å². The van der Waals surface area contributed by atoms with Crippen LogP contribution >= 0.6 is 15.9 Å². The van der Waals surface area contributed by atoms with Gasteiger partial charge in [0.1, 0.15) is 0 Å². The number of H-pyrrole nitrogens is 1. The summed E-state index contributed by atoms with van der Waals surface area (Å²) in [6, 6.07) is 10.4. The fourth-order valence-corrected chi connectivity index (χ4v) is 2.23. The van der Waals surface area contributed by atoms with Crippen molar-refractivity contribution in [1.82, 2.24) is 10.2 Å². The number of benzene rings is 2. The van der Waals surface area contributed by atoms with Crippen molar-refractivity contribution >= 4 is 37.6 Å². The van der Waals surface area contributed by atoms with Crippen molar-refractivity contribution in [2.24, 2.45) is 0 Å². The number of hydrogen-bond donors (Lipinski definition) is 1. The quantitative estimate of drug-likeness (QED) is 0.647. The maximum atomic E-state index is 4.04. The van der Waals surface area contributed by atoms with Crippen LogP contribution in [0, 0.1) is 0 Å². The third kappa shape index (κ3) is 0.990. The molecule has 0 aliphatic rings. The number of hydrogen-bond acceptors (Lipinski definition) is 1. The van der Waals surface area contributed by atoms with Gasteiger partial charge >= 0.3 is 0 Å². The van der Waals surface area contributed by atoms with E-state index in [0.29, 0.717) is 0 Å². The van der Waals surface area contributed by atoms with Gasteiger partial charge in [0.05, 0.1) is 11.7 Å². The molecule has 3 heteroatoms. The van der Waals surface area contributed by atoms with Crippen LogP contribution in [0.5, 0.6) is 0 Å². The molecular weight excluding hydrogens is 240 g/mol. The molecule has 14 heavy (non-hydrogen) atoms. The van der Waals surface area contributed by atoms with E-state index >= 15 is 0 Å². The Morgan fingerprint density at radius 3 is 2.93 bits per heavy atom. The molecule has 0 aliphatic carbocycles. The first-order valence-corrected chi connectivity index (χ1v) is 5.16. The summed E-state index contributed by atoms with van der Waals surface area (Å²) in [7, 11) is 0. The van der Waals surface area contributed by atoms with Gasteiger partial charge in [0.2, 0.25) is 0 Å². The van der Waals surface area contributed by atoms with E-state index in [9.17, 15) is 0 Å². The summed E-state index contributed by atoms with van der Waals surface area (Å²) in [5, 5.41) is 10.6. The summed E-state index contributed by atoms with van der Waals surface area (Å²) < 4.78 is 1.12. The lowest BCUT2D eigenvalue weighted by atomic mass is 10.1. The van der Waals surface area contributed by atoms with Crippen LogP contribution in [0.2, 0.25) is 0 Å². The zero-order chi connectivity index (χ0) is 9.54. The maximum Gasteiger partial charge on any atom is 0.0729 e. The predicted molar refractivity (Wildman–Crippen MR) is 61.3 cm³/mol. The molecule has 0 amide bonds. The van der Waals surface area contributed by atoms with Crippen molar-refractivity contribution < 1.29 is 0 Å². The number of nitrogens with one attached hydrogen (secondary N) is 1. The highest BCUT2D eigenvalue weighted by molar-refractivity contribution is 9.10. The molecule has 68 valence electrons. The average molecular weight is 247 g/mol. The second kappa shape index (κ2) is 2.82. The van der Waals surface area contributed by atoms with E-state index in [1.54, 1.807) is 0 Å². The lowest BCUT2D eigenvalue weighted by molar-refractivity contribution is 1.12. The third-order valence-corrected chi connectivity index (χ3v) is 3.11. The molecule has 1 aromatic heterocycles. The molecule has 2 nitrogen and oxygen atoms in total. The van der Waals surface area contributed by atoms with Crippen molar-refractivity contribution in [3.8, 4) is 0 Å². The fourth-order valence-electron chi connectivity index (χ4n) is 1.74. The molecule has 0 atom stereocenters. The van der Waals surface area contributed by atoms with E-state index in [0.717, 1.165) is 15.4 Å². The monoisotopic (exact) mass is 246 g/mol. The zero-order valence-electron chi connectivity index (χ0n) is 7.29. The van der Waals surface area contributed by atoms with Crippen LogP contribution in [0.25, 0.3) is 21.7 Å². The summed E-state index contributed by atoms with van der Waals surface area (Å²) in [5.74, 6) is 0. The molecule has 0 fully saturated rings. The molecular formula is C11H7BrN2. The molecule has 1 heterocycles. The molecule has 0 spiro atoms. The van der Waals surface area contributed by atoms with Gasteiger partial charge in [-0.15, -0.1) is 0 Å². The van der Waals surface area contributed by atoms with Crippen LogP contribution in [-0.4, -0.2) is 10.2 Å². The average Bonchev–Trinajstić information content (AvgIpc) is 2.66. The predicted octanol–water partition coefficient (Wildman–Crippen LogP) is 3.48. The first-order valence-electron chi connectivity index (χ1n) is 4.36. The van der Waals surface area contributed by atoms with Gasteiger partial charge in [0.25, 0.3) is 0 Å². The van der Waals surface area contributed by atoms with Crippen LogP contribution in [0.3, 0.4) is 0 Å². The Morgan fingerprint density at radius 2 is 2.00 bits per heavy atom. The SMILES string of the molecule is Brc1cccc2c1ccc1cn[nH]c12. The standard InChI is InChI=1S/C11H7BrN2/c12-10-3-1-2-9-8(10)5-4-7-6-13-14-11(7)9/h1-6H,(H,13,14). The molecule has 0 unspecified atom stereocenters. The fraction of sp³-hybridized carbons (Fsp3) is 0. The molecule has 3 rings (SSSR count). The molecule has 0 aliphatic heterocycles. The topological polar surface area (TPSA) is 28.7 Å². The van der Waals surface area contributed by atoms with Crippen molar-refractivity contribution in [3.63, 3.8) is 0 Å². The Hall–Kier alpha value is -1.35. The Morgan fingerprint density at radius 1 is 1.07 bits per heavy atom. The molecule has 2 aromatic carbocycles. The maximum absolute atomic E-state index is 4.04. The highest BCUT2D eigenvalue weighted by Crippen LogP contribution is 2.28. The summed E-state index contributed by atoms with van der Waals surface area (Å²) in [4.78, 5) is 0. The highest BCUT2D eigenvalue weighted by Gasteiger charge is 2.03. The zero-order valence-corrected chi connectivity index (χ0v) is 8.88. The van der Waals surface area contributed by atoms with Crippen molar-refractivity contribution in [3.05, 3.63) is 41.0 Å². The Kier molecular flexibility index (Phi) is 1.61. The second-order valence-electron chi connectivity index (χ2n) is 3.23. The Labute approximate surface area is 89.1 Å². The van der Waals surface area contributed by atoms with E-state index in [4.69, 9.17) is 0 Å². The van der Waals surface area contributed by atoms with E-state index < -0.39 is 0 Å². The summed E-state index contributed by atoms with van der Waals surface area (Å²) >= 11 is 3.54. The van der Waals surface area contributed by atoms with Gasteiger partial charge < -0.3 is 0 Å². The number of nitrogens with zero attached hydrogens (tertiary/aromatic N) is 1. The minimum atomic E-state index is 1.10. The lowest BCUT2D eigenvalue weighted by Gasteiger charge is -2.00. The Balaban J connectivity index is 2.64. The molecule has 0 bridgehead atoms. The third-order valence-electron chi connectivity index (χ3n) is 2.42. The van der Waals surface area contributed by atoms with Crippen LogP contribution in [-0.2, 0) is 0 Å². The van der Waals surface area contributed by atoms with Gasteiger partial charge in [-0.25, -0.2) is 0 Å². The Bertz CT molecular complexity index is 613. The van der Waals surface area contributed by atoms with Crippen molar-refractivity contribution in [2.75, 3.05) is 0 Å². The highest BCUT2D eigenvalue weighted by atomic mass is 79.9. The molecule has 1 N–H and O–H groups in total. The summed E-state index contributed by atoms with van der Waals surface area (Å²) in [5.41, 5.74) is 1.10. The second-order valence-corrected chi connectivity index (χ2v) is 4.09. The van der Waals surface area contributed by atoms with E-state index in [1.165, 1.54) is 10.8 Å². The van der Waals surface area contributed by atoms with E-state index in [2.05, 4.69) is 44.3 Å². The normalized spacial score (nSPS) is 11.2. The number of aromatic nitrogens is 2. The number of halogens is 1. The lowest BCUT2D eigenvalue weighted by Crippen LogP contribution is -1.76. The molecule has 0 saturated heterocycles.